The molecule has 2 atom stereocenters. The average Bonchev–Trinajstić information content (AvgIpc) is 2.76. The van der Waals surface area contributed by atoms with Crippen molar-refractivity contribution in [1.82, 2.24) is 10.2 Å². The number of nitrogens with zero attached hydrogens (tertiary/aromatic N) is 1. The van der Waals surface area contributed by atoms with E-state index in [0.29, 0.717) is 28.8 Å². The molecule has 0 aliphatic rings. The summed E-state index contributed by atoms with van der Waals surface area (Å²) in [5.74, 6) is 0.390. The van der Waals surface area contributed by atoms with Crippen LogP contribution in [0.1, 0.15) is 44.7 Å². The lowest BCUT2D eigenvalue weighted by atomic mass is 10.1. The lowest BCUT2D eigenvalue weighted by Crippen LogP contribution is -2.51. The van der Waals surface area contributed by atoms with Crippen molar-refractivity contribution >= 4 is 35.0 Å². The van der Waals surface area contributed by atoms with Gasteiger partial charge >= 0.3 is 0 Å². The Morgan fingerprint density at radius 2 is 1.77 bits per heavy atom. The third-order valence-corrected chi connectivity index (χ3v) is 5.95. The summed E-state index contributed by atoms with van der Waals surface area (Å²) in [5.41, 5.74) is 1.63. The van der Waals surface area contributed by atoms with Gasteiger partial charge in [-0.05, 0) is 55.2 Å². The van der Waals surface area contributed by atoms with Crippen LogP contribution in [0.2, 0.25) is 10.0 Å². The van der Waals surface area contributed by atoms with E-state index in [9.17, 15) is 9.59 Å². The Balaban J connectivity index is 2.33. The highest BCUT2D eigenvalue weighted by Crippen LogP contribution is 2.24. The molecule has 0 saturated heterocycles. The van der Waals surface area contributed by atoms with Crippen LogP contribution < -0.4 is 10.1 Å². The number of halogens is 2. The first kappa shape index (κ1) is 25.0. The van der Waals surface area contributed by atoms with Crippen LogP contribution in [0.4, 0.5) is 0 Å². The maximum Gasteiger partial charge on any atom is 0.243 e. The minimum absolute atomic E-state index is 0.0328. The quantitative estimate of drug-likeness (QED) is 0.520. The molecule has 0 saturated carbocycles. The molecule has 0 unspecified atom stereocenters. The van der Waals surface area contributed by atoms with Gasteiger partial charge in [0.15, 0.2) is 0 Å². The summed E-state index contributed by atoms with van der Waals surface area (Å²) < 4.78 is 5.31. The summed E-state index contributed by atoms with van der Waals surface area (Å²) in [4.78, 5) is 28.0. The van der Waals surface area contributed by atoms with Crippen LogP contribution in [0, 0.1) is 0 Å². The van der Waals surface area contributed by atoms with Crippen molar-refractivity contribution in [1.29, 1.82) is 0 Å². The second-order valence-corrected chi connectivity index (χ2v) is 8.35. The summed E-state index contributed by atoms with van der Waals surface area (Å²) in [6.07, 6.45) is 1.43. The minimum atomic E-state index is -0.588. The van der Waals surface area contributed by atoms with E-state index in [-0.39, 0.29) is 24.3 Å². The van der Waals surface area contributed by atoms with Gasteiger partial charge in [0.05, 0.1) is 23.6 Å². The van der Waals surface area contributed by atoms with Crippen LogP contribution in [-0.2, 0) is 22.6 Å². The van der Waals surface area contributed by atoms with Crippen molar-refractivity contribution < 1.29 is 14.3 Å². The van der Waals surface area contributed by atoms with Gasteiger partial charge in [-0.1, -0.05) is 55.2 Å². The van der Waals surface area contributed by atoms with E-state index in [1.165, 1.54) is 0 Å². The maximum absolute atomic E-state index is 13.4. The van der Waals surface area contributed by atoms with Gasteiger partial charge in [0.2, 0.25) is 11.8 Å². The monoisotopic (exact) mass is 464 g/mol. The molecule has 0 heterocycles. The Hall–Kier alpha value is -2.24. The predicted octanol–water partition coefficient (Wildman–Crippen LogP) is 5.27. The third-order valence-electron chi connectivity index (χ3n) is 5.21. The molecule has 0 bridgehead atoms. The first-order valence-electron chi connectivity index (χ1n) is 10.5. The highest BCUT2D eigenvalue weighted by Gasteiger charge is 2.29. The van der Waals surface area contributed by atoms with Crippen molar-refractivity contribution in [2.45, 2.75) is 58.7 Å². The van der Waals surface area contributed by atoms with Crippen molar-refractivity contribution in [3.8, 4) is 5.75 Å². The summed E-state index contributed by atoms with van der Waals surface area (Å²) in [5, 5.41) is 3.84. The molecule has 1 N–H and O–H groups in total. The Bertz CT molecular complexity index is 904. The molecular weight excluding hydrogens is 435 g/mol. The van der Waals surface area contributed by atoms with E-state index in [1.54, 1.807) is 30.2 Å². The van der Waals surface area contributed by atoms with Gasteiger partial charge in [0.1, 0.15) is 11.8 Å². The number of hydrogen-bond donors (Lipinski definition) is 1. The van der Waals surface area contributed by atoms with Crippen molar-refractivity contribution in [3.63, 3.8) is 0 Å². The molecular formula is C24H30Cl2N2O3. The average molecular weight is 465 g/mol. The first-order chi connectivity index (χ1) is 14.8. The van der Waals surface area contributed by atoms with Gasteiger partial charge in [-0.25, -0.2) is 0 Å². The van der Waals surface area contributed by atoms with Gasteiger partial charge in [0, 0.05) is 12.6 Å². The second-order valence-electron chi connectivity index (χ2n) is 7.54. The van der Waals surface area contributed by atoms with Crippen LogP contribution in [0.25, 0.3) is 0 Å². The van der Waals surface area contributed by atoms with Crippen LogP contribution in [0.3, 0.4) is 0 Å². The van der Waals surface area contributed by atoms with Gasteiger partial charge in [-0.3, -0.25) is 9.59 Å². The number of carbonyl (C=O) groups excluding carboxylic acids is 2. The number of benzene rings is 2. The van der Waals surface area contributed by atoms with E-state index >= 15 is 0 Å². The Labute approximate surface area is 194 Å². The minimum Gasteiger partial charge on any atom is -0.497 e. The van der Waals surface area contributed by atoms with Gasteiger partial charge in [-0.15, -0.1) is 0 Å². The fourth-order valence-corrected chi connectivity index (χ4v) is 3.57. The highest BCUT2D eigenvalue weighted by atomic mass is 35.5. The smallest absolute Gasteiger partial charge is 0.243 e. The van der Waals surface area contributed by atoms with E-state index in [2.05, 4.69) is 5.32 Å². The molecule has 7 heteroatoms. The molecule has 0 radical (unpaired) electrons. The molecule has 0 aliphatic carbocycles. The SMILES string of the molecule is CC[C@@H](C)NC(=O)[C@@H](CC)N(Cc1cccc(OC)c1)C(=O)Cc1ccc(Cl)c(Cl)c1. The Morgan fingerprint density at radius 3 is 2.39 bits per heavy atom. The van der Waals surface area contributed by atoms with E-state index in [4.69, 9.17) is 27.9 Å². The zero-order valence-electron chi connectivity index (χ0n) is 18.5. The van der Waals surface area contributed by atoms with Crippen LogP contribution in [-0.4, -0.2) is 35.9 Å². The summed E-state index contributed by atoms with van der Waals surface area (Å²) in [6.45, 7) is 6.17. The molecule has 31 heavy (non-hydrogen) atoms. The summed E-state index contributed by atoms with van der Waals surface area (Å²) in [7, 11) is 1.60. The van der Waals surface area contributed by atoms with Crippen LogP contribution in [0.15, 0.2) is 42.5 Å². The molecule has 2 rings (SSSR count). The lowest BCUT2D eigenvalue weighted by molar-refractivity contribution is -0.141. The number of carbonyl (C=O) groups is 2. The number of methoxy groups -OCH3 is 1. The van der Waals surface area contributed by atoms with Crippen LogP contribution >= 0.6 is 23.2 Å². The number of ether oxygens (including phenoxy) is 1. The molecule has 0 spiro atoms. The van der Waals surface area contributed by atoms with Crippen molar-refractivity contribution in [2.24, 2.45) is 0 Å². The largest absolute Gasteiger partial charge is 0.497 e. The summed E-state index contributed by atoms with van der Waals surface area (Å²) in [6, 6.07) is 12.1. The zero-order valence-corrected chi connectivity index (χ0v) is 20.0. The van der Waals surface area contributed by atoms with Gasteiger partial charge in [0.25, 0.3) is 0 Å². The highest BCUT2D eigenvalue weighted by molar-refractivity contribution is 6.42. The topological polar surface area (TPSA) is 58.6 Å². The molecule has 0 fully saturated rings. The van der Waals surface area contributed by atoms with Gasteiger partial charge in [-0.2, -0.15) is 0 Å². The summed E-state index contributed by atoms with van der Waals surface area (Å²) >= 11 is 12.1. The van der Waals surface area contributed by atoms with E-state index < -0.39 is 6.04 Å². The van der Waals surface area contributed by atoms with E-state index in [0.717, 1.165) is 17.5 Å². The standard InChI is InChI=1S/C24H30Cl2N2O3/c1-5-16(3)27-24(30)22(6-2)28(15-18-8-7-9-19(12-18)31-4)23(29)14-17-10-11-20(25)21(26)13-17/h7-13,16,22H,5-6,14-15H2,1-4H3,(H,27,30)/t16-,22-/m1/s1. The predicted molar refractivity (Wildman–Crippen MR) is 126 cm³/mol. The molecule has 2 aromatic rings. The molecule has 0 aromatic heterocycles. The Morgan fingerprint density at radius 1 is 1.03 bits per heavy atom. The number of nitrogens with one attached hydrogen (secondary N) is 1. The number of rotatable bonds is 10. The maximum atomic E-state index is 13.4. The third kappa shape index (κ3) is 7.15. The molecule has 2 amide bonds. The molecule has 5 nitrogen and oxygen atoms in total. The first-order valence-corrected chi connectivity index (χ1v) is 11.2. The number of hydrogen-bond acceptors (Lipinski definition) is 3. The van der Waals surface area contributed by atoms with Crippen molar-refractivity contribution in [2.75, 3.05) is 7.11 Å². The number of amides is 2. The Kier molecular flexibility index (Phi) is 9.66. The molecule has 168 valence electrons. The lowest BCUT2D eigenvalue weighted by Gasteiger charge is -2.31. The second kappa shape index (κ2) is 12.0. The van der Waals surface area contributed by atoms with Crippen molar-refractivity contribution in [3.05, 3.63) is 63.6 Å². The molecule has 2 aromatic carbocycles. The van der Waals surface area contributed by atoms with Crippen LogP contribution in [0.5, 0.6) is 5.75 Å². The van der Waals surface area contributed by atoms with E-state index in [1.807, 2.05) is 45.0 Å². The fraction of sp³-hybridized carbons (Fsp3) is 0.417. The fourth-order valence-electron chi connectivity index (χ4n) is 3.25. The van der Waals surface area contributed by atoms with Gasteiger partial charge < -0.3 is 15.0 Å². The zero-order chi connectivity index (χ0) is 23.0. The molecule has 0 aliphatic heterocycles. The normalized spacial score (nSPS) is 12.7.